The second-order valence-electron chi connectivity index (χ2n) is 4.40. The van der Waals surface area contributed by atoms with Crippen molar-refractivity contribution in [3.63, 3.8) is 0 Å². The average Bonchev–Trinajstić information content (AvgIpc) is 2.85. The maximum absolute atomic E-state index is 13.1. The van der Waals surface area contributed by atoms with Gasteiger partial charge in [0.1, 0.15) is 11.6 Å². The number of halogens is 2. The van der Waals surface area contributed by atoms with E-state index in [4.69, 9.17) is 16.1 Å². The van der Waals surface area contributed by atoms with Crippen LogP contribution in [0.15, 0.2) is 33.7 Å². The lowest BCUT2D eigenvalue weighted by Gasteiger charge is -2.13. The Morgan fingerprint density at radius 1 is 1.52 bits per heavy atom. The molecule has 0 spiro atoms. The first-order valence-corrected chi connectivity index (χ1v) is 7.61. The fourth-order valence-corrected chi connectivity index (χ4v) is 2.91. The van der Waals surface area contributed by atoms with E-state index < -0.39 is 5.82 Å². The molecule has 0 radical (unpaired) electrons. The quantitative estimate of drug-likeness (QED) is 0.832. The summed E-state index contributed by atoms with van der Waals surface area (Å²) in [6.45, 7) is 3.64. The summed E-state index contributed by atoms with van der Waals surface area (Å²) in [4.78, 5) is 12.9. The van der Waals surface area contributed by atoms with Crippen LogP contribution < -0.4 is 5.32 Å². The third-order valence-corrected chi connectivity index (χ3v) is 4.36. The second-order valence-corrected chi connectivity index (χ2v) is 6.09. The molecule has 1 aromatic carbocycles. The largest absolute Gasteiger partial charge is 0.360 e. The van der Waals surface area contributed by atoms with Crippen molar-refractivity contribution in [3.05, 3.63) is 40.9 Å². The third kappa shape index (κ3) is 4.22. The van der Waals surface area contributed by atoms with Crippen molar-refractivity contribution in [1.82, 2.24) is 5.16 Å². The van der Waals surface area contributed by atoms with Crippen LogP contribution in [0.1, 0.15) is 19.1 Å². The van der Waals surface area contributed by atoms with Crippen LogP contribution in [-0.2, 0) is 4.79 Å². The molecule has 0 aliphatic heterocycles. The highest BCUT2D eigenvalue weighted by Gasteiger charge is 2.19. The zero-order chi connectivity index (χ0) is 15.4. The van der Waals surface area contributed by atoms with Crippen LogP contribution in [0.3, 0.4) is 0 Å². The van der Waals surface area contributed by atoms with Crippen molar-refractivity contribution < 1.29 is 13.7 Å². The van der Waals surface area contributed by atoms with Crippen LogP contribution >= 0.6 is 23.4 Å². The predicted octanol–water partition coefficient (Wildman–Crippen LogP) is 4.28. The van der Waals surface area contributed by atoms with Crippen LogP contribution in [0.25, 0.3) is 0 Å². The number of aromatic nitrogens is 1. The molecule has 0 aliphatic carbocycles. The number of carbonyl (C=O) groups is 1. The number of nitrogens with zero attached hydrogens (tertiary/aromatic N) is 1. The normalized spacial score (nSPS) is 12.2. The van der Waals surface area contributed by atoms with Gasteiger partial charge in [0.2, 0.25) is 5.91 Å². The topological polar surface area (TPSA) is 55.1 Å². The number of hydrogen-bond donors (Lipinski definition) is 1. The lowest BCUT2D eigenvalue weighted by molar-refractivity contribution is -0.115. The Kier molecular flexibility index (Phi) is 5.25. The highest BCUT2D eigenvalue weighted by atomic mass is 35.5. The second kappa shape index (κ2) is 6.95. The lowest BCUT2D eigenvalue weighted by Crippen LogP contribution is -2.24. The molecule has 0 aliphatic rings. The number of nitrogens with one attached hydrogen (secondary N) is 1. The van der Waals surface area contributed by atoms with E-state index in [2.05, 4.69) is 10.5 Å². The zero-order valence-electron chi connectivity index (χ0n) is 11.5. The first kappa shape index (κ1) is 15.9. The van der Waals surface area contributed by atoms with Crippen LogP contribution in [0.4, 0.5) is 10.2 Å². The van der Waals surface area contributed by atoms with E-state index >= 15 is 0 Å². The Morgan fingerprint density at radius 3 is 2.86 bits per heavy atom. The molecular formula is C14H14ClFN2O2S. The summed E-state index contributed by atoms with van der Waals surface area (Å²) in [5.41, 5.74) is 0. The molecule has 2 aromatic rings. The first-order chi connectivity index (χ1) is 9.99. The number of hydrogen-bond acceptors (Lipinski definition) is 4. The number of aryl methyl sites for hydroxylation is 1. The fourth-order valence-electron chi connectivity index (χ4n) is 1.67. The molecule has 0 fully saturated rings. The number of carbonyl (C=O) groups excluding carboxylic acids is 1. The van der Waals surface area contributed by atoms with Gasteiger partial charge in [-0.05, 0) is 31.5 Å². The van der Waals surface area contributed by atoms with Crippen LogP contribution in [0, 0.1) is 12.7 Å². The molecule has 0 saturated carbocycles. The maximum Gasteiger partial charge on any atom is 0.239 e. The summed E-state index contributed by atoms with van der Waals surface area (Å²) in [6.07, 6.45) is 0.613. The van der Waals surface area contributed by atoms with Gasteiger partial charge >= 0.3 is 0 Å². The van der Waals surface area contributed by atoms with Crippen LogP contribution in [0.2, 0.25) is 5.02 Å². The molecule has 1 amide bonds. The Hall–Kier alpha value is -1.53. The van der Waals surface area contributed by atoms with Gasteiger partial charge in [-0.1, -0.05) is 23.7 Å². The van der Waals surface area contributed by atoms with Gasteiger partial charge in [0.05, 0.1) is 10.3 Å². The van der Waals surface area contributed by atoms with Gasteiger partial charge in [0.15, 0.2) is 5.82 Å². The highest BCUT2D eigenvalue weighted by Crippen LogP contribution is 2.29. The van der Waals surface area contributed by atoms with E-state index in [1.165, 1.54) is 23.9 Å². The zero-order valence-corrected chi connectivity index (χ0v) is 13.1. The summed E-state index contributed by atoms with van der Waals surface area (Å²) in [5.74, 6) is 0.345. The molecule has 1 heterocycles. The summed E-state index contributed by atoms with van der Waals surface area (Å²) >= 11 is 7.07. The number of anilines is 1. The van der Waals surface area contributed by atoms with Crippen molar-refractivity contribution in [2.75, 3.05) is 5.32 Å². The van der Waals surface area contributed by atoms with E-state index in [1.54, 1.807) is 19.1 Å². The number of amides is 1. The fraction of sp³-hybridized carbons (Fsp3) is 0.286. The SMILES string of the molecule is CCC(Sc1ccc(F)c(Cl)c1)C(=O)Nc1cc(C)on1. The van der Waals surface area contributed by atoms with E-state index in [0.717, 1.165) is 4.90 Å². The minimum absolute atomic E-state index is 0.0439. The lowest BCUT2D eigenvalue weighted by atomic mass is 10.3. The first-order valence-electron chi connectivity index (χ1n) is 6.35. The molecule has 2 rings (SSSR count). The summed E-state index contributed by atoms with van der Waals surface area (Å²) in [7, 11) is 0. The number of rotatable bonds is 5. The standard InChI is InChI=1S/C14H14ClFN2O2S/c1-3-12(14(19)17-13-6-8(2)20-18-13)21-9-4-5-11(16)10(15)7-9/h4-7,12H,3H2,1-2H3,(H,17,18,19). The summed E-state index contributed by atoms with van der Waals surface area (Å²) in [5, 5.41) is 6.12. The molecule has 7 heteroatoms. The molecule has 1 aromatic heterocycles. The van der Waals surface area contributed by atoms with Crippen LogP contribution in [-0.4, -0.2) is 16.3 Å². The van der Waals surface area contributed by atoms with Gasteiger partial charge in [-0.2, -0.15) is 0 Å². The number of benzene rings is 1. The van der Waals surface area contributed by atoms with Crippen molar-refractivity contribution in [1.29, 1.82) is 0 Å². The Bertz CT molecular complexity index is 648. The minimum Gasteiger partial charge on any atom is -0.360 e. The summed E-state index contributed by atoms with van der Waals surface area (Å²) < 4.78 is 18.0. The molecule has 1 atom stereocenters. The average molecular weight is 329 g/mol. The van der Waals surface area contributed by atoms with E-state index in [1.807, 2.05) is 6.92 Å². The predicted molar refractivity (Wildman–Crippen MR) is 81.2 cm³/mol. The molecule has 0 saturated heterocycles. The van der Waals surface area contributed by atoms with Gasteiger partial charge < -0.3 is 9.84 Å². The molecule has 0 bridgehead atoms. The monoisotopic (exact) mass is 328 g/mol. The van der Waals surface area contributed by atoms with E-state index in [-0.39, 0.29) is 16.2 Å². The van der Waals surface area contributed by atoms with Crippen molar-refractivity contribution in [2.24, 2.45) is 0 Å². The van der Waals surface area contributed by atoms with Crippen molar-refractivity contribution in [3.8, 4) is 0 Å². The van der Waals surface area contributed by atoms with Gasteiger partial charge in [-0.3, -0.25) is 4.79 Å². The van der Waals surface area contributed by atoms with Gasteiger partial charge in [-0.25, -0.2) is 4.39 Å². The summed E-state index contributed by atoms with van der Waals surface area (Å²) in [6, 6.07) is 6.04. The van der Waals surface area contributed by atoms with Gasteiger partial charge in [0.25, 0.3) is 0 Å². The van der Waals surface area contributed by atoms with Crippen molar-refractivity contribution in [2.45, 2.75) is 30.4 Å². The molecule has 1 unspecified atom stereocenters. The molecule has 112 valence electrons. The van der Waals surface area contributed by atoms with Crippen molar-refractivity contribution >= 4 is 35.1 Å². The smallest absolute Gasteiger partial charge is 0.239 e. The third-order valence-electron chi connectivity index (χ3n) is 2.71. The Labute approximate surface area is 131 Å². The van der Waals surface area contributed by atoms with E-state index in [9.17, 15) is 9.18 Å². The minimum atomic E-state index is -0.475. The van der Waals surface area contributed by atoms with Gasteiger partial charge in [0, 0.05) is 11.0 Å². The molecular weight excluding hydrogens is 315 g/mol. The maximum atomic E-state index is 13.1. The Morgan fingerprint density at radius 2 is 2.29 bits per heavy atom. The number of thioether (sulfide) groups is 1. The molecule has 4 nitrogen and oxygen atoms in total. The van der Waals surface area contributed by atoms with E-state index in [0.29, 0.717) is 18.0 Å². The van der Waals surface area contributed by atoms with Gasteiger partial charge in [-0.15, -0.1) is 11.8 Å². The molecule has 21 heavy (non-hydrogen) atoms. The molecule has 1 N–H and O–H groups in total. The Balaban J connectivity index is 2.04. The van der Waals surface area contributed by atoms with Crippen LogP contribution in [0.5, 0.6) is 0 Å². The highest BCUT2D eigenvalue weighted by molar-refractivity contribution is 8.00.